The van der Waals surface area contributed by atoms with Crippen molar-refractivity contribution in [3.63, 3.8) is 0 Å². The van der Waals surface area contributed by atoms with Crippen LogP contribution in [0.15, 0.2) is 23.9 Å². The molecule has 0 heterocycles. The zero-order valence-corrected chi connectivity index (χ0v) is 4.98. The van der Waals surface area contributed by atoms with Crippen LogP contribution in [-0.4, -0.2) is 0 Å². The van der Waals surface area contributed by atoms with Crippen LogP contribution >= 0.6 is 0 Å². The van der Waals surface area contributed by atoms with Crippen LogP contribution in [-0.2, 0) is 0 Å². The SMILES string of the molecule is C=C1CCC/C1=C/N. The first-order valence-electron chi connectivity index (χ1n) is 2.93. The van der Waals surface area contributed by atoms with Gasteiger partial charge in [-0.3, -0.25) is 0 Å². The van der Waals surface area contributed by atoms with Crippen LogP contribution in [0.2, 0.25) is 0 Å². The second-order valence-electron chi connectivity index (χ2n) is 2.15. The van der Waals surface area contributed by atoms with E-state index in [1.807, 2.05) is 0 Å². The summed E-state index contributed by atoms with van der Waals surface area (Å²) in [6.45, 7) is 3.86. The molecular weight excluding hydrogens is 98.1 g/mol. The smallest absolute Gasteiger partial charge is 0.00271 e. The van der Waals surface area contributed by atoms with E-state index in [0.29, 0.717) is 0 Å². The summed E-state index contributed by atoms with van der Waals surface area (Å²) < 4.78 is 0. The van der Waals surface area contributed by atoms with E-state index in [9.17, 15) is 0 Å². The molecule has 0 radical (unpaired) electrons. The summed E-state index contributed by atoms with van der Waals surface area (Å²) in [7, 11) is 0. The molecule has 0 amide bonds. The van der Waals surface area contributed by atoms with E-state index in [4.69, 9.17) is 5.73 Å². The van der Waals surface area contributed by atoms with Crippen LogP contribution in [0.4, 0.5) is 0 Å². The van der Waals surface area contributed by atoms with E-state index in [-0.39, 0.29) is 0 Å². The Balaban J connectivity index is 2.69. The molecule has 0 aromatic heterocycles. The van der Waals surface area contributed by atoms with Gasteiger partial charge in [0.1, 0.15) is 0 Å². The average molecular weight is 109 g/mol. The maximum Gasteiger partial charge on any atom is -0.00271 e. The molecule has 44 valence electrons. The first-order valence-corrected chi connectivity index (χ1v) is 2.93. The first kappa shape index (κ1) is 5.42. The third-order valence-corrected chi connectivity index (χ3v) is 1.58. The van der Waals surface area contributed by atoms with Gasteiger partial charge in [-0.1, -0.05) is 12.2 Å². The molecule has 1 heteroatoms. The summed E-state index contributed by atoms with van der Waals surface area (Å²) in [6, 6.07) is 0. The molecule has 1 aliphatic rings. The predicted molar refractivity (Wildman–Crippen MR) is 35.3 cm³/mol. The molecule has 1 rings (SSSR count). The van der Waals surface area contributed by atoms with Crippen molar-refractivity contribution in [3.8, 4) is 0 Å². The topological polar surface area (TPSA) is 26.0 Å². The Hall–Kier alpha value is -0.720. The molecule has 0 atom stereocenters. The van der Waals surface area contributed by atoms with Gasteiger partial charge in [0.25, 0.3) is 0 Å². The molecule has 1 saturated carbocycles. The fourth-order valence-electron chi connectivity index (χ4n) is 1.03. The van der Waals surface area contributed by atoms with Crippen LogP contribution in [0.1, 0.15) is 19.3 Å². The normalized spacial score (nSPS) is 25.0. The van der Waals surface area contributed by atoms with Gasteiger partial charge in [0.15, 0.2) is 0 Å². The lowest BCUT2D eigenvalue weighted by atomic mass is 10.2. The van der Waals surface area contributed by atoms with Crippen LogP contribution in [0.5, 0.6) is 0 Å². The number of hydrogen-bond acceptors (Lipinski definition) is 1. The summed E-state index contributed by atoms with van der Waals surface area (Å²) >= 11 is 0. The standard InChI is InChI=1S/C7H11N/c1-6-3-2-4-7(6)5-8/h5H,1-4,8H2/b7-5-. The molecule has 1 fully saturated rings. The van der Waals surface area contributed by atoms with E-state index < -0.39 is 0 Å². The van der Waals surface area contributed by atoms with E-state index in [1.165, 1.54) is 17.6 Å². The summed E-state index contributed by atoms with van der Waals surface area (Å²) in [5, 5.41) is 0. The zero-order chi connectivity index (χ0) is 5.98. The number of allylic oxidation sites excluding steroid dienone is 2. The van der Waals surface area contributed by atoms with Crippen molar-refractivity contribution in [2.24, 2.45) is 5.73 Å². The molecule has 0 aromatic rings. The van der Waals surface area contributed by atoms with E-state index in [0.717, 1.165) is 12.8 Å². The van der Waals surface area contributed by atoms with Gasteiger partial charge >= 0.3 is 0 Å². The molecule has 0 unspecified atom stereocenters. The van der Waals surface area contributed by atoms with Crippen LogP contribution in [0.25, 0.3) is 0 Å². The van der Waals surface area contributed by atoms with Crippen molar-refractivity contribution in [3.05, 3.63) is 23.9 Å². The second kappa shape index (κ2) is 2.03. The highest BCUT2D eigenvalue weighted by Gasteiger charge is 2.08. The Morgan fingerprint density at radius 3 is 2.50 bits per heavy atom. The number of hydrogen-bond donors (Lipinski definition) is 1. The van der Waals surface area contributed by atoms with Gasteiger partial charge in [0.2, 0.25) is 0 Å². The third-order valence-electron chi connectivity index (χ3n) is 1.58. The fraction of sp³-hybridized carbons (Fsp3) is 0.429. The van der Waals surface area contributed by atoms with Crippen LogP contribution in [0, 0.1) is 0 Å². The fourth-order valence-corrected chi connectivity index (χ4v) is 1.03. The Bertz CT molecular complexity index is 133. The molecule has 1 aliphatic carbocycles. The molecule has 0 aliphatic heterocycles. The van der Waals surface area contributed by atoms with Crippen LogP contribution < -0.4 is 5.73 Å². The Morgan fingerprint density at radius 1 is 1.50 bits per heavy atom. The molecule has 0 aromatic carbocycles. The summed E-state index contributed by atoms with van der Waals surface area (Å²) in [5.74, 6) is 0. The van der Waals surface area contributed by atoms with E-state index >= 15 is 0 Å². The summed E-state index contributed by atoms with van der Waals surface area (Å²) in [5.41, 5.74) is 7.79. The lowest BCUT2D eigenvalue weighted by Crippen LogP contribution is -1.83. The molecular formula is C7H11N. The minimum atomic E-state index is 1.13. The second-order valence-corrected chi connectivity index (χ2v) is 2.15. The Morgan fingerprint density at radius 2 is 2.25 bits per heavy atom. The first-order chi connectivity index (χ1) is 3.84. The van der Waals surface area contributed by atoms with Crippen molar-refractivity contribution < 1.29 is 0 Å². The van der Waals surface area contributed by atoms with Gasteiger partial charge < -0.3 is 5.73 Å². The lowest BCUT2D eigenvalue weighted by molar-refractivity contribution is 0.932. The number of nitrogens with two attached hydrogens (primary N) is 1. The molecule has 0 spiro atoms. The van der Waals surface area contributed by atoms with E-state index in [1.54, 1.807) is 6.20 Å². The zero-order valence-electron chi connectivity index (χ0n) is 4.98. The minimum Gasteiger partial charge on any atom is -0.404 e. The molecule has 2 N–H and O–H groups in total. The van der Waals surface area contributed by atoms with Crippen LogP contribution in [0.3, 0.4) is 0 Å². The van der Waals surface area contributed by atoms with Crippen molar-refractivity contribution in [1.82, 2.24) is 0 Å². The molecule has 1 nitrogen and oxygen atoms in total. The van der Waals surface area contributed by atoms with Gasteiger partial charge in [0.05, 0.1) is 0 Å². The maximum absolute atomic E-state index is 5.30. The van der Waals surface area contributed by atoms with Gasteiger partial charge in [-0.15, -0.1) is 0 Å². The van der Waals surface area contributed by atoms with Gasteiger partial charge in [-0.2, -0.15) is 0 Å². The Kier molecular flexibility index (Phi) is 1.38. The number of rotatable bonds is 0. The van der Waals surface area contributed by atoms with Gasteiger partial charge in [0, 0.05) is 0 Å². The van der Waals surface area contributed by atoms with Gasteiger partial charge in [-0.25, -0.2) is 0 Å². The largest absolute Gasteiger partial charge is 0.404 e. The summed E-state index contributed by atoms with van der Waals surface area (Å²) in [6.07, 6.45) is 5.19. The summed E-state index contributed by atoms with van der Waals surface area (Å²) in [4.78, 5) is 0. The van der Waals surface area contributed by atoms with Gasteiger partial charge in [-0.05, 0) is 31.0 Å². The highest BCUT2D eigenvalue weighted by atomic mass is 14.5. The third kappa shape index (κ3) is 0.760. The van der Waals surface area contributed by atoms with Crippen molar-refractivity contribution in [2.45, 2.75) is 19.3 Å². The highest BCUT2D eigenvalue weighted by Crippen LogP contribution is 2.27. The molecule has 0 bridgehead atoms. The maximum atomic E-state index is 5.30. The Labute approximate surface area is 49.9 Å². The molecule has 0 saturated heterocycles. The minimum absolute atomic E-state index is 1.13. The average Bonchev–Trinajstić information content (AvgIpc) is 2.14. The van der Waals surface area contributed by atoms with Crippen molar-refractivity contribution in [1.29, 1.82) is 0 Å². The van der Waals surface area contributed by atoms with E-state index in [2.05, 4.69) is 6.58 Å². The predicted octanol–water partition coefficient (Wildman–Crippen LogP) is 1.57. The monoisotopic (exact) mass is 109 g/mol. The molecule has 8 heavy (non-hydrogen) atoms. The highest BCUT2D eigenvalue weighted by molar-refractivity contribution is 5.31. The quantitative estimate of drug-likeness (QED) is 0.502. The van der Waals surface area contributed by atoms with Crippen molar-refractivity contribution in [2.75, 3.05) is 0 Å². The van der Waals surface area contributed by atoms with Crippen molar-refractivity contribution >= 4 is 0 Å². The lowest BCUT2D eigenvalue weighted by Gasteiger charge is -1.91.